The number of benzene rings is 1. The SMILES string of the molecule is C/C=C/C(CC/C=C/CC(C)(C)CC)C(CC(=O)N(C[Si](OC)(OC)OC)c1ccccc1)C(=O)O. The lowest BCUT2D eigenvalue weighted by molar-refractivity contribution is -0.145. The molecular formula is C28H45NO6Si. The molecule has 202 valence electrons. The van der Waals surface area contributed by atoms with E-state index in [4.69, 9.17) is 13.3 Å². The first-order valence-electron chi connectivity index (χ1n) is 12.6. The number of rotatable bonds is 17. The molecule has 0 bridgehead atoms. The number of carboxylic acid groups (broad SMARTS) is 1. The Balaban J connectivity index is 3.11. The van der Waals surface area contributed by atoms with E-state index in [2.05, 4.69) is 32.9 Å². The van der Waals surface area contributed by atoms with Crippen LogP contribution in [0.15, 0.2) is 54.6 Å². The van der Waals surface area contributed by atoms with Gasteiger partial charge in [-0.1, -0.05) is 69.7 Å². The van der Waals surface area contributed by atoms with E-state index >= 15 is 0 Å². The molecule has 1 N–H and O–H groups in total. The molecule has 0 heterocycles. The van der Waals surface area contributed by atoms with E-state index in [-0.39, 0.29) is 29.8 Å². The number of amides is 1. The molecule has 0 aliphatic heterocycles. The van der Waals surface area contributed by atoms with Gasteiger partial charge in [0.1, 0.15) is 0 Å². The summed E-state index contributed by atoms with van der Waals surface area (Å²) in [7, 11) is 1.31. The van der Waals surface area contributed by atoms with Crippen molar-refractivity contribution in [2.75, 3.05) is 32.4 Å². The lowest BCUT2D eigenvalue weighted by Gasteiger charge is -2.32. The van der Waals surface area contributed by atoms with Gasteiger partial charge in [-0.2, -0.15) is 0 Å². The Labute approximate surface area is 218 Å². The molecule has 1 amide bonds. The van der Waals surface area contributed by atoms with E-state index < -0.39 is 20.7 Å². The van der Waals surface area contributed by atoms with Crippen molar-refractivity contribution in [2.45, 2.75) is 59.8 Å². The van der Waals surface area contributed by atoms with Gasteiger partial charge in [-0.25, -0.2) is 0 Å². The highest BCUT2D eigenvalue weighted by molar-refractivity contribution is 6.61. The van der Waals surface area contributed by atoms with E-state index in [1.54, 1.807) is 12.1 Å². The summed E-state index contributed by atoms with van der Waals surface area (Å²) in [4.78, 5) is 27.5. The summed E-state index contributed by atoms with van der Waals surface area (Å²) >= 11 is 0. The molecule has 2 unspecified atom stereocenters. The number of carbonyl (C=O) groups excluding carboxylic acids is 1. The molecule has 0 radical (unpaired) electrons. The number of carbonyl (C=O) groups is 2. The van der Waals surface area contributed by atoms with Crippen LogP contribution in [0.25, 0.3) is 0 Å². The standard InChI is InChI=1S/C28H45NO6Si/c1-8-16-23(17-12-11-15-20-28(3,4)9-2)25(27(31)32)21-26(30)29(24-18-13-10-14-19-24)22-36(33-5,34-6)35-7/h8,10-11,13-16,18-19,23,25H,9,12,17,20-22H2,1-7H3,(H,31,32)/b15-11+,16-8+. The monoisotopic (exact) mass is 519 g/mol. The van der Waals surface area contributed by atoms with Crippen molar-refractivity contribution < 1.29 is 28.0 Å². The van der Waals surface area contributed by atoms with Gasteiger partial charge < -0.3 is 23.3 Å². The van der Waals surface area contributed by atoms with Gasteiger partial charge in [-0.3, -0.25) is 9.59 Å². The van der Waals surface area contributed by atoms with Gasteiger partial charge in [-0.15, -0.1) is 0 Å². The summed E-state index contributed by atoms with van der Waals surface area (Å²) in [6, 6.07) is 9.13. The number of carboxylic acids is 1. The molecular weight excluding hydrogens is 474 g/mol. The Kier molecular flexibility index (Phi) is 13.9. The van der Waals surface area contributed by atoms with Crippen LogP contribution < -0.4 is 4.90 Å². The number of para-hydroxylation sites is 1. The molecule has 0 aromatic heterocycles. The Hall–Kier alpha value is -2.26. The molecule has 0 aliphatic carbocycles. The van der Waals surface area contributed by atoms with E-state index in [9.17, 15) is 14.7 Å². The summed E-state index contributed by atoms with van der Waals surface area (Å²) < 4.78 is 16.7. The minimum absolute atomic E-state index is 0.0793. The van der Waals surface area contributed by atoms with Crippen LogP contribution in [0, 0.1) is 17.3 Å². The fraction of sp³-hybridized carbons (Fsp3) is 0.571. The first-order chi connectivity index (χ1) is 17.1. The largest absolute Gasteiger partial charge is 0.521 e. The lowest BCUT2D eigenvalue weighted by atomic mass is 9.84. The van der Waals surface area contributed by atoms with Gasteiger partial charge in [0.25, 0.3) is 0 Å². The van der Waals surface area contributed by atoms with Crippen LogP contribution in [0.4, 0.5) is 5.69 Å². The molecule has 2 atom stereocenters. The van der Waals surface area contributed by atoms with Gasteiger partial charge in [0, 0.05) is 33.4 Å². The zero-order chi connectivity index (χ0) is 27.2. The predicted octanol–water partition coefficient (Wildman–Crippen LogP) is 5.88. The van der Waals surface area contributed by atoms with Crippen LogP contribution >= 0.6 is 0 Å². The van der Waals surface area contributed by atoms with Crippen molar-refractivity contribution in [3.05, 3.63) is 54.6 Å². The highest BCUT2D eigenvalue weighted by atomic mass is 28.4. The number of anilines is 1. The minimum atomic E-state index is -3.16. The fourth-order valence-electron chi connectivity index (χ4n) is 3.92. The molecule has 0 saturated carbocycles. The number of nitrogens with zero attached hydrogens (tertiary/aromatic N) is 1. The first kappa shape index (κ1) is 31.8. The first-order valence-corrected chi connectivity index (χ1v) is 14.5. The minimum Gasteiger partial charge on any atom is -0.481 e. The predicted molar refractivity (Wildman–Crippen MR) is 147 cm³/mol. The quantitative estimate of drug-likeness (QED) is 0.204. The Bertz CT molecular complexity index is 843. The van der Waals surface area contributed by atoms with Gasteiger partial charge in [0.05, 0.1) is 12.1 Å². The third-order valence-corrected chi connectivity index (χ3v) is 9.35. The van der Waals surface area contributed by atoms with Crippen molar-refractivity contribution in [1.29, 1.82) is 0 Å². The summed E-state index contributed by atoms with van der Waals surface area (Å²) in [5.74, 6) is -2.42. The number of aliphatic carboxylic acids is 1. The zero-order valence-corrected chi connectivity index (χ0v) is 24.0. The Morgan fingerprint density at radius 2 is 1.69 bits per heavy atom. The van der Waals surface area contributed by atoms with Crippen LogP contribution in [0.3, 0.4) is 0 Å². The maximum absolute atomic E-state index is 13.6. The zero-order valence-electron chi connectivity index (χ0n) is 23.0. The summed E-state index contributed by atoms with van der Waals surface area (Å²) in [5.41, 5.74) is 0.889. The second-order valence-electron chi connectivity index (χ2n) is 9.72. The lowest BCUT2D eigenvalue weighted by Crippen LogP contribution is -2.55. The molecule has 36 heavy (non-hydrogen) atoms. The molecule has 1 aromatic carbocycles. The number of allylic oxidation sites excluding steroid dienone is 4. The Morgan fingerprint density at radius 1 is 1.08 bits per heavy atom. The van der Waals surface area contributed by atoms with Crippen molar-refractivity contribution in [1.82, 2.24) is 0 Å². The highest BCUT2D eigenvalue weighted by Gasteiger charge is 2.43. The molecule has 0 fully saturated rings. The van der Waals surface area contributed by atoms with Crippen LogP contribution in [0.2, 0.25) is 0 Å². The topological polar surface area (TPSA) is 85.3 Å². The van der Waals surface area contributed by atoms with E-state index in [1.165, 1.54) is 26.2 Å². The van der Waals surface area contributed by atoms with Crippen molar-refractivity contribution in [3.63, 3.8) is 0 Å². The van der Waals surface area contributed by atoms with Crippen LogP contribution in [-0.4, -0.2) is 53.3 Å². The van der Waals surface area contributed by atoms with Crippen molar-refractivity contribution >= 4 is 26.4 Å². The normalized spacial score (nSPS) is 14.3. The molecule has 0 spiro atoms. The molecule has 0 aliphatic rings. The summed E-state index contributed by atoms with van der Waals surface area (Å²) in [6.45, 7) is 8.53. The fourth-order valence-corrected chi connectivity index (χ4v) is 5.55. The molecule has 7 nitrogen and oxygen atoms in total. The maximum atomic E-state index is 13.6. The molecule has 1 aromatic rings. The van der Waals surface area contributed by atoms with Crippen LogP contribution in [-0.2, 0) is 22.9 Å². The van der Waals surface area contributed by atoms with Crippen molar-refractivity contribution in [2.24, 2.45) is 17.3 Å². The van der Waals surface area contributed by atoms with Gasteiger partial charge in [0.15, 0.2) is 0 Å². The second kappa shape index (κ2) is 15.8. The second-order valence-corrected chi connectivity index (χ2v) is 12.6. The molecule has 0 saturated heterocycles. The van der Waals surface area contributed by atoms with E-state index in [1.807, 2.05) is 37.3 Å². The van der Waals surface area contributed by atoms with E-state index in [0.717, 1.165) is 19.3 Å². The maximum Gasteiger partial charge on any atom is 0.521 e. The summed E-state index contributed by atoms with van der Waals surface area (Å²) in [6.07, 6.45) is 11.5. The summed E-state index contributed by atoms with van der Waals surface area (Å²) in [5, 5.41) is 10.1. The van der Waals surface area contributed by atoms with E-state index in [0.29, 0.717) is 12.1 Å². The molecule has 1 rings (SSSR count). The van der Waals surface area contributed by atoms with Crippen LogP contribution in [0.1, 0.15) is 59.8 Å². The van der Waals surface area contributed by atoms with Crippen molar-refractivity contribution in [3.8, 4) is 0 Å². The number of hydrogen-bond acceptors (Lipinski definition) is 5. The third kappa shape index (κ3) is 10.0. The van der Waals surface area contributed by atoms with Gasteiger partial charge >= 0.3 is 14.8 Å². The van der Waals surface area contributed by atoms with Crippen LogP contribution in [0.5, 0.6) is 0 Å². The van der Waals surface area contributed by atoms with Gasteiger partial charge in [-0.05, 0) is 49.7 Å². The Morgan fingerprint density at radius 3 is 2.19 bits per heavy atom. The highest BCUT2D eigenvalue weighted by Crippen LogP contribution is 2.28. The third-order valence-electron chi connectivity index (χ3n) is 6.78. The number of hydrogen-bond donors (Lipinski definition) is 1. The average Bonchev–Trinajstić information content (AvgIpc) is 2.88. The molecule has 8 heteroatoms. The smallest absolute Gasteiger partial charge is 0.481 e. The average molecular weight is 520 g/mol. The van der Waals surface area contributed by atoms with Gasteiger partial charge in [0.2, 0.25) is 5.91 Å².